The van der Waals surface area contributed by atoms with Crippen LogP contribution < -0.4 is 5.32 Å². The highest BCUT2D eigenvalue weighted by molar-refractivity contribution is 7.91. The second-order valence-electron chi connectivity index (χ2n) is 8.11. The van der Waals surface area contributed by atoms with Gasteiger partial charge in [0.25, 0.3) is 0 Å². The molecule has 4 heterocycles. The Morgan fingerprint density at radius 3 is 2.74 bits per heavy atom. The molecule has 1 atom stereocenters. The highest BCUT2D eigenvalue weighted by Gasteiger charge is 2.30. The zero-order chi connectivity index (χ0) is 18.4. The first-order chi connectivity index (χ1) is 13.1. The highest BCUT2D eigenvalue weighted by atomic mass is 32.2. The number of sulfone groups is 1. The number of hydrogen-bond acceptors (Lipinski definition) is 7. The maximum atomic E-state index is 11.9. The van der Waals surface area contributed by atoms with Crippen molar-refractivity contribution in [1.82, 2.24) is 14.9 Å². The van der Waals surface area contributed by atoms with Crippen molar-refractivity contribution in [3.05, 3.63) is 16.3 Å². The Kier molecular flexibility index (Phi) is 4.60. The number of piperidine rings is 1. The summed E-state index contributed by atoms with van der Waals surface area (Å²) in [4.78, 5) is 14.8. The van der Waals surface area contributed by atoms with E-state index in [2.05, 4.69) is 10.2 Å². The Bertz CT molecular complexity index is 964. The monoisotopic (exact) mass is 406 g/mol. The van der Waals surface area contributed by atoms with Crippen molar-refractivity contribution in [2.24, 2.45) is 0 Å². The third-order valence-corrected chi connectivity index (χ3v) is 8.95. The lowest BCUT2D eigenvalue weighted by atomic mass is 10.1. The van der Waals surface area contributed by atoms with Gasteiger partial charge in [-0.05, 0) is 57.2 Å². The third kappa shape index (κ3) is 3.59. The lowest BCUT2D eigenvalue weighted by Gasteiger charge is -2.25. The van der Waals surface area contributed by atoms with E-state index in [1.165, 1.54) is 36.1 Å². The van der Waals surface area contributed by atoms with Crippen LogP contribution in [0.25, 0.3) is 10.2 Å². The van der Waals surface area contributed by atoms with Crippen LogP contribution in [0, 0.1) is 0 Å². The van der Waals surface area contributed by atoms with E-state index in [-0.39, 0.29) is 17.5 Å². The summed E-state index contributed by atoms with van der Waals surface area (Å²) in [5.41, 5.74) is 1.39. The fraction of sp³-hybridized carbons (Fsp3) is 0.684. The molecule has 2 saturated heterocycles. The van der Waals surface area contributed by atoms with Gasteiger partial charge in [-0.15, -0.1) is 11.3 Å². The molecule has 3 aliphatic rings. The molecule has 1 aliphatic carbocycles. The van der Waals surface area contributed by atoms with Gasteiger partial charge in [0, 0.05) is 10.9 Å². The van der Waals surface area contributed by atoms with Gasteiger partial charge in [0.1, 0.15) is 16.5 Å². The molecule has 2 aromatic rings. The van der Waals surface area contributed by atoms with Crippen LogP contribution in [0.4, 0.5) is 5.82 Å². The number of aromatic nitrogens is 2. The number of rotatable bonds is 4. The normalized spacial score (nSPS) is 25.1. The Labute approximate surface area is 164 Å². The topological polar surface area (TPSA) is 75.2 Å². The molecule has 146 valence electrons. The van der Waals surface area contributed by atoms with Gasteiger partial charge in [-0.3, -0.25) is 4.90 Å². The van der Waals surface area contributed by atoms with Crippen LogP contribution in [0.2, 0.25) is 0 Å². The number of nitrogens with one attached hydrogen (secondary N) is 1. The van der Waals surface area contributed by atoms with Gasteiger partial charge in [0.15, 0.2) is 9.84 Å². The minimum atomic E-state index is -2.91. The molecule has 0 aromatic carbocycles. The zero-order valence-electron chi connectivity index (χ0n) is 15.5. The Hall–Kier alpha value is -1.25. The molecule has 0 unspecified atom stereocenters. The van der Waals surface area contributed by atoms with Gasteiger partial charge in [-0.25, -0.2) is 18.4 Å². The lowest BCUT2D eigenvalue weighted by molar-refractivity contribution is 0.216. The van der Waals surface area contributed by atoms with Crippen molar-refractivity contribution in [3.8, 4) is 0 Å². The summed E-state index contributed by atoms with van der Waals surface area (Å²) in [5, 5.41) is 4.64. The summed E-state index contributed by atoms with van der Waals surface area (Å²) in [7, 11) is -2.91. The van der Waals surface area contributed by atoms with Gasteiger partial charge in [-0.1, -0.05) is 6.42 Å². The van der Waals surface area contributed by atoms with Crippen molar-refractivity contribution in [3.63, 3.8) is 0 Å². The standard InChI is InChI=1S/C19H26N4O2S2/c24-27(25)10-7-13(12-27)20-18-17-14-5-4-6-15(14)26-19(17)22-16(21-18)11-23-8-2-1-3-9-23/h13H,1-12H2,(H,20,21,22)/t13-/m1/s1. The lowest BCUT2D eigenvalue weighted by Crippen LogP contribution is -2.30. The summed E-state index contributed by atoms with van der Waals surface area (Å²) in [6, 6.07) is -0.0344. The molecule has 5 rings (SSSR count). The summed E-state index contributed by atoms with van der Waals surface area (Å²) >= 11 is 1.81. The molecule has 2 aromatic heterocycles. The number of likely N-dealkylation sites (tertiary alicyclic amines) is 1. The van der Waals surface area contributed by atoms with Crippen LogP contribution >= 0.6 is 11.3 Å². The SMILES string of the molecule is O=S1(=O)CC[C@@H](Nc2nc(CN3CCCCC3)nc3sc4c(c23)CCC4)C1. The zero-order valence-corrected chi connectivity index (χ0v) is 17.2. The van der Waals surface area contributed by atoms with Crippen molar-refractivity contribution < 1.29 is 8.42 Å². The molecule has 0 spiro atoms. The summed E-state index contributed by atoms with van der Waals surface area (Å²) in [6.45, 7) is 3.02. The smallest absolute Gasteiger partial charge is 0.152 e. The van der Waals surface area contributed by atoms with E-state index in [1.54, 1.807) is 11.3 Å². The number of nitrogens with zero attached hydrogens (tertiary/aromatic N) is 3. The largest absolute Gasteiger partial charge is 0.366 e. The van der Waals surface area contributed by atoms with Gasteiger partial charge in [0.05, 0.1) is 23.4 Å². The quantitative estimate of drug-likeness (QED) is 0.842. The molecule has 0 saturated carbocycles. The first-order valence-electron chi connectivity index (χ1n) is 10.1. The summed E-state index contributed by atoms with van der Waals surface area (Å²) in [6.07, 6.45) is 7.90. The van der Waals surface area contributed by atoms with E-state index in [0.717, 1.165) is 54.3 Å². The van der Waals surface area contributed by atoms with Crippen LogP contribution in [0.15, 0.2) is 0 Å². The second-order valence-corrected chi connectivity index (χ2v) is 11.4. The van der Waals surface area contributed by atoms with Crippen molar-refractivity contribution in [1.29, 1.82) is 0 Å². The van der Waals surface area contributed by atoms with E-state index < -0.39 is 9.84 Å². The number of aryl methyl sites for hydroxylation is 2. The first kappa shape index (κ1) is 17.8. The molecule has 0 amide bonds. The van der Waals surface area contributed by atoms with Crippen molar-refractivity contribution >= 4 is 37.2 Å². The van der Waals surface area contributed by atoms with Gasteiger partial charge < -0.3 is 5.32 Å². The van der Waals surface area contributed by atoms with Gasteiger partial charge in [-0.2, -0.15) is 0 Å². The molecule has 8 heteroatoms. The van der Waals surface area contributed by atoms with Crippen LogP contribution in [0.3, 0.4) is 0 Å². The van der Waals surface area contributed by atoms with E-state index in [4.69, 9.17) is 9.97 Å². The fourth-order valence-corrected chi connectivity index (χ4v) is 7.59. The number of hydrogen-bond donors (Lipinski definition) is 1. The maximum absolute atomic E-state index is 11.9. The minimum absolute atomic E-state index is 0.0344. The number of fused-ring (bicyclic) bond motifs is 3. The van der Waals surface area contributed by atoms with Crippen molar-refractivity contribution in [2.75, 3.05) is 29.9 Å². The number of anilines is 1. The third-order valence-electron chi connectivity index (χ3n) is 6.00. The van der Waals surface area contributed by atoms with E-state index in [1.807, 2.05) is 0 Å². The summed E-state index contributed by atoms with van der Waals surface area (Å²) in [5.74, 6) is 2.23. The molecule has 2 fully saturated rings. The molecule has 0 radical (unpaired) electrons. The minimum Gasteiger partial charge on any atom is -0.366 e. The number of thiophene rings is 1. The van der Waals surface area contributed by atoms with Crippen LogP contribution in [-0.4, -0.2) is 53.9 Å². The second kappa shape index (κ2) is 6.97. The first-order valence-corrected chi connectivity index (χ1v) is 12.7. The molecule has 27 heavy (non-hydrogen) atoms. The molecular formula is C19H26N4O2S2. The average molecular weight is 407 g/mol. The fourth-order valence-electron chi connectivity index (χ4n) is 4.63. The maximum Gasteiger partial charge on any atom is 0.152 e. The van der Waals surface area contributed by atoms with Gasteiger partial charge >= 0.3 is 0 Å². The van der Waals surface area contributed by atoms with E-state index >= 15 is 0 Å². The Morgan fingerprint density at radius 2 is 1.96 bits per heavy atom. The molecule has 0 bridgehead atoms. The highest BCUT2D eigenvalue weighted by Crippen LogP contribution is 2.40. The Balaban J connectivity index is 1.49. The van der Waals surface area contributed by atoms with Crippen LogP contribution in [0.1, 0.15) is 48.4 Å². The predicted molar refractivity (Wildman–Crippen MR) is 109 cm³/mol. The summed E-state index contributed by atoms with van der Waals surface area (Å²) < 4.78 is 23.8. The van der Waals surface area contributed by atoms with E-state index in [0.29, 0.717) is 6.42 Å². The predicted octanol–water partition coefficient (Wildman–Crippen LogP) is 2.76. The molecule has 6 nitrogen and oxygen atoms in total. The Morgan fingerprint density at radius 1 is 1.11 bits per heavy atom. The van der Waals surface area contributed by atoms with Crippen LogP contribution in [0.5, 0.6) is 0 Å². The van der Waals surface area contributed by atoms with Gasteiger partial charge in [0.2, 0.25) is 0 Å². The van der Waals surface area contributed by atoms with Crippen molar-refractivity contribution in [2.45, 2.75) is 57.5 Å². The molecule has 2 aliphatic heterocycles. The molecular weight excluding hydrogens is 380 g/mol. The van der Waals surface area contributed by atoms with E-state index in [9.17, 15) is 8.42 Å². The molecule has 1 N–H and O–H groups in total. The average Bonchev–Trinajstić information content (AvgIpc) is 3.30. The van der Waals surface area contributed by atoms with Crippen LogP contribution in [-0.2, 0) is 29.2 Å².